The molecule has 1 aliphatic carbocycles. The summed E-state index contributed by atoms with van der Waals surface area (Å²) in [5.41, 5.74) is 7.39. The Morgan fingerprint density at radius 3 is 2.89 bits per heavy atom. The molecule has 5 heteroatoms. The quantitative estimate of drug-likeness (QED) is 0.855. The summed E-state index contributed by atoms with van der Waals surface area (Å²) in [6, 6.07) is 3.32. The molecule has 18 heavy (non-hydrogen) atoms. The molecule has 3 rings (SSSR count). The van der Waals surface area contributed by atoms with E-state index in [4.69, 9.17) is 17.3 Å². The topological polar surface area (TPSA) is 43.8 Å². The first-order valence-corrected chi connectivity index (χ1v) is 6.58. The smallest absolute Gasteiger partial charge is 0.201 e. The maximum Gasteiger partial charge on any atom is 0.201 e. The molecule has 2 unspecified atom stereocenters. The van der Waals surface area contributed by atoms with Crippen molar-refractivity contribution < 1.29 is 4.39 Å². The van der Waals surface area contributed by atoms with E-state index in [1.807, 2.05) is 4.57 Å². The van der Waals surface area contributed by atoms with Gasteiger partial charge >= 0.3 is 0 Å². The molecule has 1 fully saturated rings. The van der Waals surface area contributed by atoms with Crippen molar-refractivity contribution in [1.82, 2.24) is 9.55 Å². The SMILES string of the molecule is CC1CCCC1n1c(N)nc2cc(F)c(Cl)cc21. The zero-order valence-corrected chi connectivity index (χ0v) is 10.9. The van der Waals surface area contributed by atoms with Crippen molar-refractivity contribution in [3.63, 3.8) is 0 Å². The Bertz CT molecular complexity index is 608. The number of aromatic nitrogens is 2. The van der Waals surface area contributed by atoms with Crippen LogP contribution in [0.1, 0.15) is 32.2 Å². The van der Waals surface area contributed by atoms with Gasteiger partial charge in [0, 0.05) is 12.1 Å². The molecule has 1 aliphatic rings. The van der Waals surface area contributed by atoms with Crippen molar-refractivity contribution in [2.24, 2.45) is 5.92 Å². The van der Waals surface area contributed by atoms with Crippen molar-refractivity contribution in [1.29, 1.82) is 0 Å². The summed E-state index contributed by atoms with van der Waals surface area (Å²) in [5, 5.41) is 0.120. The molecule has 1 saturated carbocycles. The van der Waals surface area contributed by atoms with Crippen LogP contribution in [0.5, 0.6) is 0 Å². The molecular weight excluding hydrogens is 253 g/mol. The van der Waals surface area contributed by atoms with E-state index in [1.54, 1.807) is 6.07 Å². The highest BCUT2D eigenvalue weighted by molar-refractivity contribution is 6.31. The number of hydrogen-bond donors (Lipinski definition) is 1. The van der Waals surface area contributed by atoms with Crippen LogP contribution in [0.2, 0.25) is 5.02 Å². The number of benzene rings is 1. The molecule has 1 heterocycles. The van der Waals surface area contributed by atoms with E-state index in [9.17, 15) is 4.39 Å². The third-order valence-corrected chi connectivity index (χ3v) is 4.20. The van der Waals surface area contributed by atoms with Crippen molar-refractivity contribution in [2.75, 3.05) is 5.73 Å². The van der Waals surface area contributed by atoms with Gasteiger partial charge in [0.05, 0.1) is 16.1 Å². The van der Waals surface area contributed by atoms with Crippen LogP contribution in [0.25, 0.3) is 11.0 Å². The Morgan fingerprint density at radius 2 is 2.22 bits per heavy atom. The predicted molar refractivity (Wildman–Crippen MR) is 71.2 cm³/mol. The van der Waals surface area contributed by atoms with E-state index in [0.29, 0.717) is 23.4 Å². The Morgan fingerprint density at radius 1 is 1.44 bits per heavy atom. The summed E-state index contributed by atoms with van der Waals surface area (Å²) >= 11 is 5.86. The minimum absolute atomic E-state index is 0.120. The van der Waals surface area contributed by atoms with Crippen LogP contribution in [0.3, 0.4) is 0 Å². The van der Waals surface area contributed by atoms with Gasteiger partial charge < -0.3 is 10.3 Å². The fourth-order valence-corrected chi connectivity index (χ4v) is 3.12. The number of hydrogen-bond acceptors (Lipinski definition) is 2. The van der Waals surface area contributed by atoms with Gasteiger partial charge in [-0.25, -0.2) is 9.37 Å². The number of fused-ring (bicyclic) bond motifs is 1. The number of halogens is 2. The fourth-order valence-electron chi connectivity index (χ4n) is 2.97. The average molecular weight is 268 g/mol. The minimum atomic E-state index is -0.451. The average Bonchev–Trinajstić information content (AvgIpc) is 2.83. The maximum absolute atomic E-state index is 13.4. The second kappa shape index (κ2) is 4.12. The monoisotopic (exact) mass is 267 g/mol. The van der Waals surface area contributed by atoms with Gasteiger partial charge in [-0.1, -0.05) is 24.9 Å². The van der Waals surface area contributed by atoms with E-state index in [2.05, 4.69) is 11.9 Å². The van der Waals surface area contributed by atoms with Gasteiger partial charge in [0.25, 0.3) is 0 Å². The lowest BCUT2D eigenvalue weighted by molar-refractivity contribution is 0.421. The molecule has 2 atom stereocenters. The standard InChI is InChI=1S/C13H15ClFN3/c1-7-3-2-4-11(7)18-12-5-8(14)9(15)6-10(12)17-13(18)16/h5-7,11H,2-4H2,1H3,(H2,16,17). The number of nitrogen functional groups attached to an aromatic ring is 1. The molecular formula is C13H15ClFN3. The minimum Gasteiger partial charge on any atom is -0.369 e. The summed E-state index contributed by atoms with van der Waals surface area (Å²) in [5.74, 6) is 0.562. The van der Waals surface area contributed by atoms with Gasteiger partial charge in [-0.3, -0.25) is 0 Å². The third kappa shape index (κ3) is 1.67. The highest BCUT2D eigenvalue weighted by Gasteiger charge is 2.28. The van der Waals surface area contributed by atoms with Crippen molar-refractivity contribution in [3.05, 3.63) is 23.0 Å². The lowest BCUT2D eigenvalue weighted by Gasteiger charge is -2.19. The Labute approximate surface area is 110 Å². The summed E-state index contributed by atoms with van der Waals surface area (Å²) in [4.78, 5) is 4.24. The number of nitrogens with two attached hydrogens (primary N) is 1. The predicted octanol–water partition coefficient (Wildman–Crippen LogP) is 3.77. The van der Waals surface area contributed by atoms with E-state index < -0.39 is 5.82 Å². The van der Waals surface area contributed by atoms with E-state index in [0.717, 1.165) is 11.9 Å². The van der Waals surface area contributed by atoms with Gasteiger partial charge in [0.15, 0.2) is 0 Å². The number of imidazole rings is 1. The summed E-state index contributed by atoms with van der Waals surface area (Å²) in [6.07, 6.45) is 3.48. The lowest BCUT2D eigenvalue weighted by Crippen LogP contribution is -2.14. The second-order valence-electron chi connectivity index (χ2n) is 5.07. The lowest BCUT2D eigenvalue weighted by atomic mass is 10.1. The van der Waals surface area contributed by atoms with Crippen molar-refractivity contribution >= 4 is 28.6 Å². The summed E-state index contributed by atoms with van der Waals surface area (Å²) in [6.45, 7) is 2.22. The van der Waals surface area contributed by atoms with Crippen molar-refractivity contribution in [2.45, 2.75) is 32.2 Å². The molecule has 3 nitrogen and oxygen atoms in total. The van der Waals surface area contributed by atoms with Crippen LogP contribution < -0.4 is 5.73 Å². The van der Waals surface area contributed by atoms with Crippen LogP contribution in [0.4, 0.5) is 10.3 Å². The molecule has 1 aromatic carbocycles. The zero-order valence-electron chi connectivity index (χ0n) is 10.2. The van der Waals surface area contributed by atoms with Gasteiger partial charge in [0.2, 0.25) is 5.95 Å². The third-order valence-electron chi connectivity index (χ3n) is 3.91. The molecule has 0 spiro atoms. The highest BCUT2D eigenvalue weighted by Crippen LogP contribution is 2.39. The first-order chi connectivity index (χ1) is 8.58. The fraction of sp³-hybridized carbons (Fsp3) is 0.462. The number of anilines is 1. The van der Waals surface area contributed by atoms with Gasteiger partial charge in [-0.2, -0.15) is 0 Å². The molecule has 0 bridgehead atoms. The summed E-state index contributed by atoms with van der Waals surface area (Å²) < 4.78 is 15.4. The van der Waals surface area contributed by atoms with E-state index in [1.165, 1.54) is 18.9 Å². The number of rotatable bonds is 1. The van der Waals surface area contributed by atoms with Gasteiger partial charge in [-0.15, -0.1) is 0 Å². The molecule has 2 aromatic rings. The highest BCUT2D eigenvalue weighted by atomic mass is 35.5. The largest absolute Gasteiger partial charge is 0.369 e. The number of nitrogens with zero attached hydrogens (tertiary/aromatic N) is 2. The molecule has 0 amide bonds. The van der Waals surface area contributed by atoms with E-state index >= 15 is 0 Å². The van der Waals surface area contributed by atoms with E-state index in [-0.39, 0.29) is 5.02 Å². The first kappa shape index (κ1) is 11.8. The zero-order chi connectivity index (χ0) is 12.9. The molecule has 2 N–H and O–H groups in total. The molecule has 0 aliphatic heterocycles. The van der Waals surface area contributed by atoms with Crippen LogP contribution >= 0.6 is 11.6 Å². The van der Waals surface area contributed by atoms with Gasteiger partial charge in [0.1, 0.15) is 5.82 Å². The Kier molecular flexibility index (Phi) is 2.70. The molecule has 96 valence electrons. The second-order valence-corrected chi connectivity index (χ2v) is 5.48. The van der Waals surface area contributed by atoms with Crippen LogP contribution in [-0.2, 0) is 0 Å². The molecule has 0 radical (unpaired) electrons. The normalized spacial score (nSPS) is 23.9. The van der Waals surface area contributed by atoms with Crippen LogP contribution in [-0.4, -0.2) is 9.55 Å². The Balaban J connectivity index is 2.22. The summed E-state index contributed by atoms with van der Waals surface area (Å²) in [7, 11) is 0. The van der Waals surface area contributed by atoms with Crippen LogP contribution in [0, 0.1) is 11.7 Å². The molecule has 0 saturated heterocycles. The maximum atomic E-state index is 13.4. The molecule has 1 aromatic heterocycles. The van der Waals surface area contributed by atoms with Gasteiger partial charge in [-0.05, 0) is 24.8 Å². The van der Waals surface area contributed by atoms with Crippen LogP contribution in [0.15, 0.2) is 12.1 Å². The first-order valence-electron chi connectivity index (χ1n) is 6.20. The van der Waals surface area contributed by atoms with Crippen molar-refractivity contribution in [3.8, 4) is 0 Å². The Hall–Kier alpha value is -1.29.